The predicted molar refractivity (Wildman–Crippen MR) is 84.1 cm³/mol. The van der Waals surface area contributed by atoms with Crippen molar-refractivity contribution in [2.45, 2.75) is 39.3 Å². The number of benzene rings is 1. The highest BCUT2D eigenvalue weighted by Gasteiger charge is 2.36. The molecule has 0 bridgehead atoms. The van der Waals surface area contributed by atoms with Crippen molar-refractivity contribution in [3.05, 3.63) is 34.4 Å². The van der Waals surface area contributed by atoms with Crippen LogP contribution in [0.3, 0.4) is 0 Å². The summed E-state index contributed by atoms with van der Waals surface area (Å²) in [5, 5.41) is 10.6. The summed E-state index contributed by atoms with van der Waals surface area (Å²) < 4.78 is 0. The summed E-state index contributed by atoms with van der Waals surface area (Å²) in [6.45, 7) is 9.99. The highest BCUT2D eigenvalue weighted by Crippen LogP contribution is 2.26. The average Bonchev–Trinajstić information content (AvgIpc) is 2.64. The Kier molecular flexibility index (Phi) is 4.52. The predicted octanol–water partition coefficient (Wildman–Crippen LogP) is 2.11. The second kappa shape index (κ2) is 5.84. The van der Waals surface area contributed by atoms with E-state index in [9.17, 15) is 5.11 Å². The van der Waals surface area contributed by atoms with Crippen LogP contribution in [0.2, 0.25) is 0 Å². The fourth-order valence-corrected chi connectivity index (χ4v) is 3.48. The number of likely N-dealkylation sites (tertiary alicyclic amines) is 1. The molecule has 2 rings (SSSR count). The van der Waals surface area contributed by atoms with Crippen LogP contribution in [0, 0.1) is 20.8 Å². The largest absolute Gasteiger partial charge is 0.387 e. The Balaban J connectivity index is 2.06. The Morgan fingerprint density at radius 2 is 1.80 bits per heavy atom. The molecule has 20 heavy (non-hydrogen) atoms. The molecule has 0 aromatic heterocycles. The molecule has 112 valence electrons. The van der Waals surface area contributed by atoms with Crippen molar-refractivity contribution in [2.75, 3.05) is 33.7 Å². The standard InChI is InChI=1S/C17H28N2O/c1-13-8-14(2)16(15(3)9-13)10-19-7-6-17(20,12-19)11-18(4)5/h8-9,20H,6-7,10-12H2,1-5H3. The lowest BCUT2D eigenvalue weighted by molar-refractivity contribution is 0.0240. The minimum atomic E-state index is -0.546. The number of hydrogen-bond donors (Lipinski definition) is 1. The van der Waals surface area contributed by atoms with E-state index in [4.69, 9.17) is 0 Å². The normalized spacial score (nSPS) is 23.8. The van der Waals surface area contributed by atoms with E-state index in [1.807, 2.05) is 14.1 Å². The van der Waals surface area contributed by atoms with Gasteiger partial charge in [0.05, 0.1) is 5.60 Å². The topological polar surface area (TPSA) is 26.7 Å². The lowest BCUT2D eigenvalue weighted by Crippen LogP contribution is -2.42. The number of β-amino-alcohol motifs (C(OH)–C–C–N with tert-alkyl or cyclic N) is 1. The zero-order valence-corrected chi connectivity index (χ0v) is 13.5. The van der Waals surface area contributed by atoms with Gasteiger partial charge in [0.2, 0.25) is 0 Å². The average molecular weight is 276 g/mol. The van der Waals surface area contributed by atoms with E-state index in [2.05, 4.69) is 42.7 Å². The molecule has 1 unspecified atom stereocenters. The molecule has 1 aliphatic rings. The molecule has 1 fully saturated rings. The smallest absolute Gasteiger partial charge is 0.0912 e. The van der Waals surface area contributed by atoms with Crippen LogP contribution in [-0.4, -0.2) is 54.2 Å². The van der Waals surface area contributed by atoms with Crippen molar-refractivity contribution < 1.29 is 5.11 Å². The minimum Gasteiger partial charge on any atom is -0.387 e. The van der Waals surface area contributed by atoms with Gasteiger partial charge in [-0.1, -0.05) is 17.7 Å². The van der Waals surface area contributed by atoms with Gasteiger partial charge in [-0.15, -0.1) is 0 Å². The van der Waals surface area contributed by atoms with Crippen molar-refractivity contribution >= 4 is 0 Å². The molecule has 0 aliphatic carbocycles. The molecule has 1 N–H and O–H groups in total. The molecule has 1 saturated heterocycles. The number of aryl methyl sites for hydroxylation is 3. The lowest BCUT2D eigenvalue weighted by Gasteiger charge is -2.27. The van der Waals surface area contributed by atoms with E-state index in [0.717, 1.165) is 32.6 Å². The van der Waals surface area contributed by atoms with E-state index in [-0.39, 0.29) is 0 Å². The zero-order valence-electron chi connectivity index (χ0n) is 13.5. The van der Waals surface area contributed by atoms with E-state index in [1.54, 1.807) is 0 Å². The van der Waals surface area contributed by atoms with Gasteiger partial charge in [0.25, 0.3) is 0 Å². The van der Waals surface area contributed by atoms with Gasteiger partial charge in [0, 0.05) is 26.2 Å². The second-order valence-corrected chi connectivity index (χ2v) is 6.80. The highest BCUT2D eigenvalue weighted by molar-refractivity contribution is 5.37. The monoisotopic (exact) mass is 276 g/mol. The molecule has 1 heterocycles. The summed E-state index contributed by atoms with van der Waals surface area (Å²) in [5.41, 5.74) is 4.94. The first-order chi connectivity index (χ1) is 9.29. The van der Waals surface area contributed by atoms with Crippen molar-refractivity contribution in [2.24, 2.45) is 0 Å². The van der Waals surface area contributed by atoms with E-state index < -0.39 is 5.60 Å². The van der Waals surface area contributed by atoms with Gasteiger partial charge in [0.1, 0.15) is 0 Å². The first-order valence-electron chi connectivity index (χ1n) is 7.45. The van der Waals surface area contributed by atoms with Gasteiger partial charge < -0.3 is 10.0 Å². The summed E-state index contributed by atoms with van der Waals surface area (Å²) in [5.74, 6) is 0. The van der Waals surface area contributed by atoms with E-state index >= 15 is 0 Å². The minimum absolute atomic E-state index is 0.546. The quantitative estimate of drug-likeness (QED) is 0.912. The van der Waals surface area contributed by atoms with Crippen LogP contribution in [0.15, 0.2) is 12.1 Å². The molecule has 0 radical (unpaired) electrons. The molecule has 3 heteroatoms. The number of rotatable bonds is 4. The van der Waals surface area contributed by atoms with E-state index in [0.29, 0.717) is 0 Å². The van der Waals surface area contributed by atoms with Crippen LogP contribution in [0.1, 0.15) is 28.7 Å². The summed E-state index contributed by atoms with van der Waals surface area (Å²) in [4.78, 5) is 4.46. The Morgan fingerprint density at radius 1 is 1.20 bits per heavy atom. The van der Waals surface area contributed by atoms with Crippen LogP contribution in [0.25, 0.3) is 0 Å². The number of aliphatic hydroxyl groups is 1. The lowest BCUT2D eigenvalue weighted by atomic mass is 9.99. The maximum atomic E-state index is 10.6. The fourth-order valence-electron chi connectivity index (χ4n) is 3.48. The molecular formula is C17H28N2O. The Labute approximate surface area is 123 Å². The molecule has 1 aliphatic heterocycles. The molecule has 0 amide bonds. The SMILES string of the molecule is Cc1cc(C)c(CN2CCC(O)(CN(C)C)C2)c(C)c1. The number of likely N-dealkylation sites (N-methyl/N-ethyl adjacent to an activating group) is 1. The van der Waals surface area contributed by atoms with Gasteiger partial charge in [-0.3, -0.25) is 4.90 Å². The molecule has 3 nitrogen and oxygen atoms in total. The molecule has 1 atom stereocenters. The van der Waals surface area contributed by atoms with Gasteiger partial charge >= 0.3 is 0 Å². The Bertz CT molecular complexity index is 461. The summed E-state index contributed by atoms with van der Waals surface area (Å²) in [6.07, 6.45) is 0.870. The van der Waals surface area contributed by atoms with Gasteiger partial charge in [0.15, 0.2) is 0 Å². The van der Waals surface area contributed by atoms with Crippen LogP contribution >= 0.6 is 0 Å². The zero-order chi connectivity index (χ0) is 14.9. The first kappa shape index (κ1) is 15.5. The van der Waals surface area contributed by atoms with Crippen molar-refractivity contribution in [1.82, 2.24) is 9.80 Å². The molecule has 1 aromatic carbocycles. The van der Waals surface area contributed by atoms with Gasteiger partial charge in [-0.2, -0.15) is 0 Å². The van der Waals surface area contributed by atoms with Crippen molar-refractivity contribution in [1.29, 1.82) is 0 Å². The van der Waals surface area contributed by atoms with E-state index in [1.165, 1.54) is 22.3 Å². The van der Waals surface area contributed by atoms with Gasteiger partial charge in [-0.05, 0) is 58.0 Å². The molecule has 1 aromatic rings. The third-order valence-corrected chi connectivity index (χ3v) is 4.24. The number of nitrogens with zero attached hydrogens (tertiary/aromatic N) is 2. The molecular weight excluding hydrogens is 248 g/mol. The van der Waals surface area contributed by atoms with Crippen molar-refractivity contribution in [3.8, 4) is 0 Å². The van der Waals surface area contributed by atoms with Crippen LogP contribution < -0.4 is 0 Å². The summed E-state index contributed by atoms with van der Waals surface area (Å²) >= 11 is 0. The maximum absolute atomic E-state index is 10.6. The van der Waals surface area contributed by atoms with Crippen LogP contribution in [-0.2, 0) is 6.54 Å². The fraction of sp³-hybridized carbons (Fsp3) is 0.647. The highest BCUT2D eigenvalue weighted by atomic mass is 16.3. The van der Waals surface area contributed by atoms with Gasteiger partial charge in [-0.25, -0.2) is 0 Å². The van der Waals surface area contributed by atoms with Crippen molar-refractivity contribution in [3.63, 3.8) is 0 Å². The Morgan fingerprint density at radius 3 is 2.35 bits per heavy atom. The molecule has 0 spiro atoms. The maximum Gasteiger partial charge on any atom is 0.0912 e. The summed E-state index contributed by atoms with van der Waals surface area (Å²) in [6, 6.07) is 4.51. The first-order valence-corrected chi connectivity index (χ1v) is 7.45. The molecule has 0 saturated carbocycles. The van der Waals surface area contributed by atoms with Crippen LogP contribution in [0.4, 0.5) is 0 Å². The number of hydrogen-bond acceptors (Lipinski definition) is 3. The third-order valence-electron chi connectivity index (χ3n) is 4.24. The summed E-state index contributed by atoms with van der Waals surface area (Å²) in [7, 11) is 4.05. The second-order valence-electron chi connectivity index (χ2n) is 6.80. The van der Waals surface area contributed by atoms with Crippen LogP contribution in [0.5, 0.6) is 0 Å². The third kappa shape index (κ3) is 3.60. The Hall–Kier alpha value is -0.900.